The Bertz CT molecular complexity index is 433. The Labute approximate surface area is 120 Å². The van der Waals surface area contributed by atoms with Gasteiger partial charge in [0.25, 0.3) is 5.91 Å². The number of hydrogen-bond acceptors (Lipinski definition) is 3. The van der Waals surface area contributed by atoms with Crippen molar-refractivity contribution in [2.45, 2.75) is 33.6 Å². The van der Waals surface area contributed by atoms with Gasteiger partial charge in [0.05, 0.1) is 10.6 Å². The predicted octanol–water partition coefficient (Wildman–Crippen LogP) is 3.22. The lowest BCUT2D eigenvalue weighted by molar-refractivity contribution is 0.0734. The van der Waals surface area contributed by atoms with Gasteiger partial charge in [0.15, 0.2) is 0 Å². The van der Waals surface area contributed by atoms with Gasteiger partial charge in [-0.2, -0.15) is 0 Å². The highest BCUT2D eigenvalue weighted by molar-refractivity contribution is 6.33. The maximum absolute atomic E-state index is 12.4. The quantitative estimate of drug-likeness (QED) is 0.872. The van der Waals surface area contributed by atoms with E-state index >= 15 is 0 Å². The lowest BCUT2D eigenvalue weighted by Crippen LogP contribution is -2.35. The van der Waals surface area contributed by atoms with Crippen LogP contribution in [0.25, 0.3) is 0 Å². The van der Waals surface area contributed by atoms with Crippen molar-refractivity contribution < 1.29 is 4.79 Å². The number of hydrogen-bond donors (Lipinski definition) is 1. The van der Waals surface area contributed by atoms with Crippen LogP contribution in [0.2, 0.25) is 5.02 Å². The van der Waals surface area contributed by atoms with Gasteiger partial charge >= 0.3 is 0 Å². The fourth-order valence-corrected chi connectivity index (χ4v) is 2.13. The highest BCUT2D eigenvalue weighted by Gasteiger charge is 2.18. The molecule has 0 aromatic carbocycles. The van der Waals surface area contributed by atoms with Crippen LogP contribution in [0.4, 0.5) is 5.82 Å². The van der Waals surface area contributed by atoms with Crippen LogP contribution in [-0.2, 0) is 0 Å². The van der Waals surface area contributed by atoms with E-state index in [-0.39, 0.29) is 11.7 Å². The van der Waals surface area contributed by atoms with E-state index in [1.165, 1.54) is 6.20 Å². The number of carbonyl (C=O) groups excluding carboxylic acids is 1. The second-order valence-corrected chi connectivity index (χ2v) is 5.02. The Kier molecular flexibility index (Phi) is 6.09. The predicted molar refractivity (Wildman–Crippen MR) is 79.3 cm³/mol. The topological polar surface area (TPSA) is 59.2 Å². The molecule has 0 unspecified atom stereocenters. The van der Waals surface area contributed by atoms with Crippen LogP contribution in [0.15, 0.2) is 12.3 Å². The maximum Gasteiger partial charge on any atom is 0.255 e. The lowest BCUT2D eigenvalue weighted by Gasteiger charge is -2.25. The summed E-state index contributed by atoms with van der Waals surface area (Å²) in [6.45, 7) is 7.72. The van der Waals surface area contributed by atoms with E-state index in [0.717, 1.165) is 19.4 Å². The second-order valence-electron chi connectivity index (χ2n) is 4.62. The molecular weight excluding hydrogens is 262 g/mol. The van der Waals surface area contributed by atoms with E-state index in [1.807, 2.05) is 11.8 Å². The van der Waals surface area contributed by atoms with Crippen molar-refractivity contribution in [2.75, 3.05) is 18.8 Å². The molecule has 0 fully saturated rings. The first kappa shape index (κ1) is 15.8. The smallest absolute Gasteiger partial charge is 0.255 e. The van der Waals surface area contributed by atoms with Gasteiger partial charge in [-0.3, -0.25) is 4.79 Å². The fraction of sp³-hybridized carbons (Fsp3) is 0.571. The van der Waals surface area contributed by atoms with Crippen LogP contribution in [0, 0.1) is 5.92 Å². The summed E-state index contributed by atoms with van der Waals surface area (Å²) >= 11 is 5.91. The molecule has 1 heterocycles. The summed E-state index contributed by atoms with van der Waals surface area (Å²) in [4.78, 5) is 18.2. The van der Waals surface area contributed by atoms with Crippen molar-refractivity contribution >= 4 is 23.3 Å². The van der Waals surface area contributed by atoms with Gasteiger partial charge in [0, 0.05) is 19.3 Å². The Hall–Kier alpha value is -1.29. The molecule has 0 saturated carbocycles. The molecule has 0 spiro atoms. The van der Waals surface area contributed by atoms with Crippen LogP contribution in [0.3, 0.4) is 0 Å². The van der Waals surface area contributed by atoms with Crippen molar-refractivity contribution in [3.8, 4) is 0 Å². The van der Waals surface area contributed by atoms with Gasteiger partial charge in [-0.05, 0) is 18.9 Å². The minimum Gasteiger partial charge on any atom is -0.382 e. The second kappa shape index (κ2) is 7.34. The third-order valence-electron chi connectivity index (χ3n) is 3.42. The molecular formula is C14H22ClN3O. The minimum absolute atomic E-state index is 0.0381. The first-order chi connectivity index (χ1) is 9.03. The zero-order valence-corrected chi connectivity index (χ0v) is 12.6. The average molecular weight is 284 g/mol. The molecule has 0 radical (unpaired) electrons. The van der Waals surface area contributed by atoms with Gasteiger partial charge in [-0.25, -0.2) is 4.98 Å². The SMILES string of the molecule is CCC(CC)CN(CC)C(=O)c1cnc(N)c(Cl)c1. The molecule has 0 saturated heterocycles. The molecule has 0 atom stereocenters. The molecule has 106 valence electrons. The van der Waals surface area contributed by atoms with E-state index in [1.54, 1.807) is 6.07 Å². The summed E-state index contributed by atoms with van der Waals surface area (Å²) in [6.07, 6.45) is 3.63. The first-order valence-electron chi connectivity index (χ1n) is 6.73. The molecule has 0 bridgehead atoms. The summed E-state index contributed by atoms with van der Waals surface area (Å²) < 4.78 is 0. The zero-order valence-electron chi connectivity index (χ0n) is 11.8. The number of nitrogen functional groups attached to an aromatic ring is 1. The summed E-state index contributed by atoms with van der Waals surface area (Å²) in [5, 5.41) is 0.324. The van der Waals surface area contributed by atoms with E-state index in [2.05, 4.69) is 18.8 Å². The van der Waals surface area contributed by atoms with Gasteiger partial charge in [0.2, 0.25) is 0 Å². The molecule has 1 amide bonds. The Morgan fingerprint density at radius 2 is 2.05 bits per heavy atom. The highest BCUT2D eigenvalue weighted by atomic mass is 35.5. The number of carbonyl (C=O) groups is 1. The molecule has 4 nitrogen and oxygen atoms in total. The number of nitrogens with zero attached hydrogens (tertiary/aromatic N) is 2. The van der Waals surface area contributed by atoms with Gasteiger partial charge < -0.3 is 10.6 Å². The fourth-order valence-electron chi connectivity index (χ4n) is 1.96. The Balaban J connectivity index is 2.85. The third kappa shape index (κ3) is 4.10. The normalized spacial score (nSPS) is 10.8. The summed E-state index contributed by atoms with van der Waals surface area (Å²) in [7, 11) is 0. The Morgan fingerprint density at radius 1 is 1.42 bits per heavy atom. The molecule has 5 heteroatoms. The van der Waals surface area contributed by atoms with Crippen LogP contribution in [0.5, 0.6) is 0 Å². The number of amides is 1. The number of aromatic nitrogens is 1. The van der Waals surface area contributed by atoms with Crippen molar-refractivity contribution in [3.63, 3.8) is 0 Å². The summed E-state index contributed by atoms with van der Waals surface area (Å²) in [5.41, 5.74) is 6.05. The minimum atomic E-state index is -0.0381. The van der Waals surface area contributed by atoms with Crippen molar-refractivity contribution in [3.05, 3.63) is 22.8 Å². The van der Waals surface area contributed by atoms with E-state index in [4.69, 9.17) is 17.3 Å². The van der Waals surface area contributed by atoms with Crippen LogP contribution in [-0.4, -0.2) is 28.9 Å². The zero-order chi connectivity index (χ0) is 14.4. The van der Waals surface area contributed by atoms with Crippen LogP contribution < -0.4 is 5.73 Å². The van der Waals surface area contributed by atoms with E-state index in [0.29, 0.717) is 23.0 Å². The molecule has 1 aromatic rings. The van der Waals surface area contributed by atoms with E-state index in [9.17, 15) is 4.79 Å². The molecule has 0 aliphatic carbocycles. The number of halogens is 1. The highest BCUT2D eigenvalue weighted by Crippen LogP contribution is 2.19. The summed E-state index contributed by atoms with van der Waals surface area (Å²) in [6, 6.07) is 1.59. The average Bonchev–Trinajstić information content (AvgIpc) is 2.42. The van der Waals surface area contributed by atoms with E-state index < -0.39 is 0 Å². The number of nitrogens with two attached hydrogens (primary N) is 1. The maximum atomic E-state index is 12.4. The van der Waals surface area contributed by atoms with Gasteiger partial charge in [-0.1, -0.05) is 38.3 Å². The van der Waals surface area contributed by atoms with Crippen molar-refractivity contribution in [2.24, 2.45) is 5.92 Å². The van der Waals surface area contributed by atoms with Crippen molar-refractivity contribution in [1.82, 2.24) is 9.88 Å². The van der Waals surface area contributed by atoms with Crippen LogP contribution in [0.1, 0.15) is 44.0 Å². The summed E-state index contributed by atoms with van der Waals surface area (Å²) in [5.74, 6) is 0.742. The standard InChI is InChI=1S/C14H22ClN3O/c1-4-10(5-2)9-18(6-3)14(19)11-7-12(15)13(16)17-8-11/h7-8,10H,4-6,9H2,1-3H3,(H2,16,17). The van der Waals surface area contributed by atoms with Crippen molar-refractivity contribution in [1.29, 1.82) is 0 Å². The molecule has 19 heavy (non-hydrogen) atoms. The third-order valence-corrected chi connectivity index (χ3v) is 3.72. The monoisotopic (exact) mass is 283 g/mol. The number of pyridine rings is 1. The Morgan fingerprint density at radius 3 is 2.53 bits per heavy atom. The van der Waals surface area contributed by atoms with Crippen LogP contribution >= 0.6 is 11.6 Å². The molecule has 1 aromatic heterocycles. The largest absolute Gasteiger partial charge is 0.382 e. The van der Waals surface area contributed by atoms with Gasteiger partial charge in [-0.15, -0.1) is 0 Å². The molecule has 0 aliphatic rings. The lowest BCUT2D eigenvalue weighted by atomic mass is 10.0. The molecule has 2 N–H and O–H groups in total. The van der Waals surface area contributed by atoms with Gasteiger partial charge in [0.1, 0.15) is 5.82 Å². The number of rotatable bonds is 6. The first-order valence-corrected chi connectivity index (χ1v) is 7.11. The molecule has 1 rings (SSSR count). The molecule has 0 aliphatic heterocycles. The number of anilines is 1.